The lowest BCUT2D eigenvalue weighted by atomic mass is 9.78. The Hall–Kier alpha value is -1.75. The summed E-state index contributed by atoms with van der Waals surface area (Å²) in [4.78, 5) is 49.1. The lowest BCUT2D eigenvalue weighted by Gasteiger charge is -2.45. The number of piperidine rings is 1. The highest BCUT2D eigenvalue weighted by Crippen LogP contribution is 2.61. The molecule has 0 aromatic rings. The van der Waals surface area contributed by atoms with Crippen LogP contribution in [0.25, 0.3) is 0 Å². The van der Waals surface area contributed by atoms with Crippen molar-refractivity contribution in [3.63, 3.8) is 0 Å². The summed E-state index contributed by atoms with van der Waals surface area (Å²) in [6.07, 6.45) is 21.8. The highest BCUT2D eigenvalue weighted by atomic mass is 28.3. The molecule has 4 aliphatic carbocycles. The van der Waals surface area contributed by atoms with Gasteiger partial charge in [-0.15, -0.1) is 0 Å². The molecule has 10 heteroatoms. The first kappa shape index (κ1) is 40.4. The van der Waals surface area contributed by atoms with E-state index in [0.717, 1.165) is 116 Å². The summed E-state index contributed by atoms with van der Waals surface area (Å²) >= 11 is 0. The highest BCUT2D eigenvalue weighted by Gasteiger charge is 2.67. The minimum atomic E-state index is -2.11. The Bertz CT molecular complexity index is 1370. The normalized spacial score (nSPS) is 35.6. The second-order valence-electron chi connectivity index (χ2n) is 19.3. The van der Waals surface area contributed by atoms with Crippen molar-refractivity contribution in [2.24, 2.45) is 17.8 Å². The van der Waals surface area contributed by atoms with E-state index in [9.17, 15) is 14.7 Å². The third kappa shape index (κ3) is 7.89. The molecule has 9 nitrogen and oxygen atoms in total. The van der Waals surface area contributed by atoms with Crippen molar-refractivity contribution in [3.05, 3.63) is 11.3 Å². The molecule has 7 aliphatic rings. The van der Waals surface area contributed by atoms with Crippen molar-refractivity contribution in [2.75, 3.05) is 39.9 Å². The van der Waals surface area contributed by atoms with Crippen LogP contribution < -0.4 is 0 Å². The van der Waals surface area contributed by atoms with Gasteiger partial charge in [-0.1, -0.05) is 58.5 Å². The van der Waals surface area contributed by atoms with E-state index < -0.39 is 13.7 Å². The van der Waals surface area contributed by atoms with Crippen LogP contribution in [-0.2, 0) is 23.9 Å². The fourth-order valence-corrected chi connectivity index (χ4v) is 18.1. The van der Waals surface area contributed by atoms with Gasteiger partial charge in [0.15, 0.2) is 5.60 Å². The predicted octanol–water partition coefficient (Wildman–Crippen LogP) is 7.83. The quantitative estimate of drug-likeness (QED) is 0.203. The molecule has 0 bridgehead atoms. The zero-order valence-corrected chi connectivity index (χ0v) is 35.3. The average Bonchev–Trinajstić information content (AvgIpc) is 3.61. The van der Waals surface area contributed by atoms with Gasteiger partial charge in [-0.3, -0.25) is 14.4 Å². The maximum Gasteiger partial charge on any atom is 0.263 e. The fourth-order valence-electron chi connectivity index (χ4n) is 13.0. The van der Waals surface area contributed by atoms with Crippen molar-refractivity contribution in [1.82, 2.24) is 14.7 Å². The van der Waals surface area contributed by atoms with Crippen LogP contribution in [0, 0.1) is 17.8 Å². The van der Waals surface area contributed by atoms with Gasteiger partial charge in [0.25, 0.3) is 5.91 Å². The minimum Gasteiger partial charge on any atom is -0.395 e. The monoisotopic (exact) mass is 768 g/mol. The number of hydrogen-bond donors (Lipinski definition) is 1. The first-order valence-electron chi connectivity index (χ1n) is 22.5. The molecule has 7 rings (SSSR count). The van der Waals surface area contributed by atoms with Crippen molar-refractivity contribution >= 4 is 25.8 Å². The summed E-state index contributed by atoms with van der Waals surface area (Å²) < 4.78 is 13.3. The third-order valence-electron chi connectivity index (χ3n) is 15.9. The van der Waals surface area contributed by atoms with E-state index in [-0.39, 0.29) is 42.4 Å². The van der Waals surface area contributed by atoms with E-state index >= 15 is 4.79 Å². The first-order valence-corrected chi connectivity index (χ1v) is 25.7. The number of aliphatic hydroxyl groups is 1. The molecule has 1 spiro atoms. The molecule has 0 aromatic carbocycles. The number of likely N-dealkylation sites (tertiary alicyclic amines) is 1. The Labute approximate surface area is 327 Å². The van der Waals surface area contributed by atoms with Gasteiger partial charge < -0.3 is 29.3 Å². The SMILES string of the molecule is COC1CCC([Si](C)(C)[C@H]2[C@H](CC(=O)N(CCO)CC3CCCCC3)O[C@@]3(C(=O)N(CC4CCCC(N5CCCCC5=O)C4)C4=C3CCCC4)[C@@H]2C)CC1. The van der Waals surface area contributed by atoms with Crippen molar-refractivity contribution < 1.29 is 29.0 Å². The molecule has 2 unspecified atom stereocenters. The summed E-state index contributed by atoms with van der Waals surface area (Å²) in [7, 11) is -0.273. The molecule has 54 heavy (non-hydrogen) atoms. The van der Waals surface area contributed by atoms with E-state index in [1.54, 1.807) is 0 Å². The van der Waals surface area contributed by atoms with Crippen LogP contribution in [-0.4, -0.2) is 109 Å². The van der Waals surface area contributed by atoms with Gasteiger partial charge in [0, 0.05) is 57.4 Å². The number of methoxy groups -OCH3 is 1. The molecule has 5 fully saturated rings. The van der Waals surface area contributed by atoms with Gasteiger partial charge in [0.2, 0.25) is 11.8 Å². The smallest absolute Gasteiger partial charge is 0.263 e. The molecule has 3 amide bonds. The second-order valence-corrected chi connectivity index (χ2v) is 24.4. The Morgan fingerprint density at radius 3 is 2.35 bits per heavy atom. The summed E-state index contributed by atoms with van der Waals surface area (Å²) in [5, 5.41) is 10.1. The number of allylic oxidation sites excluding steroid dienone is 1. The largest absolute Gasteiger partial charge is 0.395 e. The van der Waals surface area contributed by atoms with E-state index in [1.807, 2.05) is 12.0 Å². The van der Waals surface area contributed by atoms with E-state index in [0.29, 0.717) is 54.9 Å². The van der Waals surface area contributed by atoms with E-state index in [4.69, 9.17) is 9.47 Å². The van der Waals surface area contributed by atoms with E-state index in [2.05, 4.69) is 29.8 Å². The van der Waals surface area contributed by atoms with Crippen molar-refractivity contribution in [1.29, 1.82) is 0 Å². The maximum absolute atomic E-state index is 15.4. The van der Waals surface area contributed by atoms with E-state index in [1.165, 1.54) is 30.5 Å². The van der Waals surface area contributed by atoms with Crippen LogP contribution in [0.1, 0.15) is 142 Å². The molecular formula is C44H73N3O6Si. The number of carbonyl (C=O) groups excluding carboxylic acids is 3. The fraction of sp³-hybridized carbons (Fsp3) is 0.886. The lowest BCUT2D eigenvalue weighted by Crippen LogP contribution is -2.51. The molecule has 3 aliphatic heterocycles. The molecule has 3 saturated carbocycles. The zero-order valence-electron chi connectivity index (χ0n) is 34.3. The van der Waals surface area contributed by atoms with Crippen LogP contribution >= 0.6 is 0 Å². The van der Waals surface area contributed by atoms with Gasteiger partial charge in [-0.25, -0.2) is 0 Å². The number of rotatable bonds is 12. The average molecular weight is 768 g/mol. The van der Waals surface area contributed by atoms with Gasteiger partial charge in [0.1, 0.15) is 0 Å². The summed E-state index contributed by atoms with van der Waals surface area (Å²) in [6, 6.07) is 0.292. The number of carbonyl (C=O) groups is 3. The van der Waals surface area contributed by atoms with Crippen LogP contribution in [0.2, 0.25) is 24.2 Å². The molecule has 0 radical (unpaired) electrons. The zero-order chi connectivity index (χ0) is 38.0. The Morgan fingerprint density at radius 1 is 0.907 bits per heavy atom. The Balaban J connectivity index is 1.17. The van der Waals surface area contributed by atoms with Gasteiger partial charge in [-0.2, -0.15) is 0 Å². The first-order chi connectivity index (χ1) is 26.1. The summed E-state index contributed by atoms with van der Waals surface area (Å²) in [5.74, 6) is 1.40. The predicted molar refractivity (Wildman–Crippen MR) is 214 cm³/mol. The molecule has 3 heterocycles. The van der Waals surface area contributed by atoms with Gasteiger partial charge in [-0.05, 0) is 112 Å². The number of ether oxygens (including phenoxy) is 2. The number of aliphatic hydroxyl groups excluding tert-OH is 1. The van der Waals surface area contributed by atoms with Crippen molar-refractivity contribution in [3.8, 4) is 0 Å². The molecule has 2 saturated heterocycles. The molecular weight excluding hydrogens is 695 g/mol. The van der Waals surface area contributed by atoms with Gasteiger partial charge >= 0.3 is 0 Å². The number of fused-ring (bicyclic) bond motifs is 1. The topological polar surface area (TPSA) is 99.6 Å². The maximum atomic E-state index is 15.4. The second kappa shape index (κ2) is 17.4. The number of amides is 3. The summed E-state index contributed by atoms with van der Waals surface area (Å²) in [6.45, 7) is 10.0. The lowest BCUT2D eigenvalue weighted by molar-refractivity contribution is -0.152. The molecule has 1 N–H and O–H groups in total. The Morgan fingerprint density at radius 2 is 1.63 bits per heavy atom. The molecule has 0 aromatic heterocycles. The van der Waals surface area contributed by atoms with Crippen LogP contribution in [0.4, 0.5) is 0 Å². The van der Waals surface area contributed by atoms with Crippen LogP contribution in [0.5, 0.6) is 0 Å². The minimum absolute atomic E-state index is 0.00701. The van der Waals surface area contributed by atoms with Crippen LogP contribution in [0.15, 0.2) is 11.3 Å². The Kier molecular flexibility index (Phi) is 13.0. The highest BCUT2D eigenvalue weighted by molar-refractivity contribution is 6.80. The van der Waals surface area contributed by atoms with Crippen molar-refractivity contribution in [2.45, 2.75) is 190 Å². The molecule has 304 valence electrons. The summed E-state index contributed by atoms with van der Waals surface area (Å²) in [5.41, 5.74) is 2.21. The third-order valence-corrected chi connectivity index (χ3v) is 21.2. The van der Waals surface area contributed by atoms with Gasteiger partial charge in [0.05, 0.1) is 33.3 Å². The number of hydrogen-bond acceptors (Lipinski definition) is 6. The number of nitrogens with zero attached hydrogens (tertiary/aromatic N) is 3. The standard InChI is InChI=1S/C44H73N3O6Si/c1-31-42(54(3,4)36-22-20-35(52-2)21-23-36)39(28-41(50)45(25-26-48)29-32-13-6-5-7-14-32)53-44(31)37-17-8-9-18-38(37)47(43(44)51)30-33-15-12-16-34(27-33)46-24-11-10-19-40(46)49/h31-36,39,42,48H,5-30H2,1-4H3/t31-,33?,34?,35?,36?,39+,42-,44+/m1/s1. The molecule has 6 atom stereocenters. The van der Waals surface area contributed by atoms with Crippen LogP contribution in [0.3, 0.4) is 0 Å².